The molecule has 0 aliphatic carbocycles. The molecule has 0 aliphatic rings. The van der Waals surface area contributed by atoms with Crippen LogP contribution in [0.5, 0.6) is 0 Å². The van der Waals surface area contributed by atoms with Gasteiger partial charge in [-0.3, -0.25) is 9.48 Å². The van der Waals surface area contributed by atoms with Gasteiger partial charge in [0.05, 0.1) is 11.8 Å². The highest BCUT2D eigenvalue weighted by Gasteiger charge is 2.12. The predicted molar refractivity (Wildman–Crippen MR) is 87.8 cm³/mol. The van der Waals surface area contributed by atoms with E-state index in [-0.39, 0.29) is 11.5 Å². The summed E-state index contributed by atoms with van der Waals surface area (Å²) in [5.41, 5.74) is 2.96. The van der Waals surface area contributed by atoms with Gasteiger partial charge in [0.25, 0.3) is 5.91 Å². The monoisotopic (exact) mass is 311 g/mol. The molecule has 3 aromatic rings. The third-order valence-corrected chi connectivity index (χ3v) is 3.76. The maximum Gasteiger partial charge on any atom is 0.336 e. The van der Waals surface area contributed by atoms with Gasteiger partial charge in [-0.25, -0.2) is 4.79 Å². The zero-order chi connectivity index (χ0) is 16.6. The molecule has 0 unspecified atom stereocenters. The summed E-state index contributed by atoms with van der Waals surface area (Å²) >= 11 is 0. The lowest BCUT2D eigenvalue weighted by molar-refractivity contribution is 0.102. The van der Waals surface area contributed by atoms with E-state index in [4.69, 9.17) is 4.42 Å². The van der Waals surface area contributed by atoms with Crippen molar-refractivity contribution in [1.29, 1.82) is 0 Å². The van der Waals surface area contributed by atoms with Crippen LogP contribution in [-0.2, 0) is 6.54 Å². The number of aryl methyl sites for hydroxylation is 3. The van der Waals surface area contributed by atoms with Crippen molar-refractivity contribution < 1.29 is 9.21 Å². The van der Waals surface area contributed by atoms with Crippen LogP contribution in [0.2, 0.25) is 0 Å². The van der Waals surface area contributed by atoms with Gasteiger partial charge in [-0.2, -0.15) is 5.10 Å². The smallest absolute Gasteiger partial charge is 0.336 e. The van der Waals surface area contributed by atoms with Crippen LogP contribution in [0.4, 0.5) is 5.69 Å². The standard InChI is InChI=1S/C17H17N3O3/c1-4-20-9-12(8-18-20)17(22)19-14-7-13-10(2)6-16(21)23-15(13)5-11(14)3/h5-9H,4H2,1-3H3,(H,19,22). The summed E-state index contributed by atoms with van der Waals surface area (Å²) in [7, 11) is 0. The number of aromatic nitrogens is 2. The Bertz CT molecular complexity index is 953. The number of nitrogens with zero attached hydrogens (tertiary/aromatic N) is 2. The average molecular weight is 311 g/mol. The van der Waals surface area contributed by atoms with Crippen molar-refractivity contribution in [1.82, 2.24) is 9.78 Å². The van der Waals surface area contributed by atoms with Crippen LogP contribution in [0.15, 0.2) is 39.8 Å². The van der Waals surface area contributed by atoms with Crippen molar-refractivity contribution in [2.75, 3.05) is 5.32 Å². The minimum atomic E-state index is -0.377. The van der Waals surface area contributed by atoms with Gasteiger partial charge >= 0.3 is 5.63 Å². The third-order valence-electron chi connectivity index (χ3n) is 3.76. The highest BCUT2D eigenvalue weighted by atomic mass is 16.4. The van der Waals surface area contributed by atoms with Crippen molar-refractivity contribution in [3.63, 3.8) is 0 Å². The second-order valence-corrected chi connectivity index (χ2v) is 5.45. The number of carbonyl (C=O) groups excluding carboxylic acids is 1. The molecule has 2 aromatic heterocycles. The van der Waals surface area contributed by atoms with E-state index in [1.54, 1.807) is 23.1 Å². The van der Waals surface area contributed by atoms with Crippen LogP contribution >= 0.6 is 0 Å². The van der Waals surface area contributed by atoms with Crippen molar-refractivity contribution in [2.45, 2.75) is 27.3 Å². The number of benzene rings is 1. The summed E-state index contributed by atoms with van der Waals surface area (Å²) in [6.45, 7) is 6.36. The molecule has 0 saturated heterocycles. The number of amides is 1. The van der Waals surface area contributed by atoms with Crippen molar-refractivity contribution in [3.05, 3.63) is 57.7 Å². The molecule has 2 heterocycles. The maximum absolute atomic E-state index is 12.3. The third kappa shape index (κ3) is 2.88. The molecule has 6 nitrogen and oxygen atoms in total. The SMILES string of the molecule is CCn1cc(C(=O)Nc2cc3c(C)cc(=O)oc3cc2C)cn1. The molecule has 0 radical (unpaired) electrons. The molecule has 0 aliphatic heterocycles. The number of carbonyl (C=O) groups is 1. The van der Waals surface area contributed by atoms with Gasteiger partial charge < -0.3 is 9.73 Å². The van der Waals surface area contributed by atoms with E-state index in [1.807, 2.05) is 26.8 Å². The fourth-order valence-corrected chi connectivity index (χ4v) is 2.45. The Kier molecular flexibility index (Phi) is 3.73. The predicted octanol–water partition coefficient (Wildman–Crippen LogP) is 2.88. The molecule has 0 fully saturated rings. The first-order valence-electron chi connectivity index (χ1n) is 7.37. The van der Waals surface area contributed by atoms with E-state index in [2.05, 4.69) is 10.4 Å². The molecule has 0 spiro atoms. The van der Waals surface area contributed by atoms with Crippen LogP contribution in [0.25, 0.3) is 11.0 Å². The molecule has 23 heavy (non-hydrogen) atoms. The first-order valence-corrected chi connectivity index (χ1v) is 7.37. The summed E-state index contributed by atoms with van der Waals surface area (Å²) in [5, 5.41) is 7.79. The van der Waals surface area contributed by atoms with E-state index in [0.29, 0.717) is 23.4 Å². The molecule has 1 amide bonds. The van der Waals surface area contributed by atoms with Crippen molar-refractivity contribution in [3.8, 4) is 0 Å². The van der Waals surface area contributed by atoms with E-state index in [0.717, 1.165) is 16.5 Å². The molecule has 0 saturated carbocycles. The summed E-state index contributed by atoms with van der Waals surface area (Å²) in [6.07, 6.45) is 3.25. The lowest BCUT2D eigenvalue weighted by Crippen LogP contribution is -2.12. The van der Waals surface area contributed by atoms with E-state index >= 15 is 0 Å². The van der Waals surface area contributed by atoms with Crippen LogP contribution in [0.3, 0.4) is 0 Å². The van der Waals surface area contributed by atoms with Gasteiger partial charge in [-0.15, -0.1) is 0 Å². The van der Waals surface area contributed by atoms with E-state index < -0.39 is 0 Å². The lowest BCUT2D eigenvalue weighted by Gasteiger charge is -2.10. The Hall–Kier alpha value is -2.89. The second-order valence-electron chi connectivity index (χ2n) is 5.45. The minimum Gasteiger partial charge on any atom is -0.423 e. The van der Waals surface area contributed by atoms with Gasteiger partial charge in [0.1, 0.15) is 5.58 Å². The van der Waals surface area contributed by atoms with Crippen molar-refractivity contribution in [2.24, 2.45) is 0 Å². The fraction of sp³-hybridized carbons (Fsp3) is 0.235. The Morgan fingerprint density at radius 1 is 1.26 bits per heavy atom. The molecule has 3 rings (SSSR count). The number of nitrogens with one attached hydrogen (secondary N) is 1. The Morgan fingerprint density at radius 2 is 2.04 bits per heavy atom. The van der Waals surface area contributed by atoms with E-state index in [9.17, 15) is 9.59 Å². The summed E-state index contributed by atoms with van der Waals surface area (Å²) < 4.78 is 6.90. The topological polar surface area (TPSA) is 77.1 Å². The number of hydrogen-bond donors (Lipinski definition) is 1. The Morgan fingerprint density at radius 3 is 2.74 bits per heavy atom. The normalized spacial score (nSPS) is 10.9. The highest BCUT2D eigenvalue weighted by molar-refractivity contribution is 6.05. The number of fused-ring (bicyclic) bond motifs is 1. The molecular formula is C17H17N3O3. The quantitative estimate of drug-likeness (QED) is 0.755. The van der Waals surface area contributed by atoms with Gasteiger partial charge in [-0.05, 0) is 44.0 Å². The van der Waals surface area contributed by atoms with Gasteiger partial charge in [0.2, 0.25) is 0 Å². The Labute approximate surface area is 132 Å². The first-order chi connectivity index (χ1) is 11.0. The molecule has 118 valence electrons. The zero-order valence-corrected chi connectivity index (χ0v) is 13.2. The largest absolute Gasteiger partial charge is 0.423 e. The highest BCUT2D eigenvalue weighted by Crippen LogP contribution is 2.25. The van der Waals surface area contributed by atoms with Gasteiger partial charge in [0, 0.05) is 29.9 Å². The van der Waals surface area contributed by atoms with Crippen LogP contribution < -0.4 is 10.9 Å². The summed E-state index contributed by atoms with van der Waals surface area (Å²) in [6, 6.07) is 5.02. The number of hydrogen-bond acceptors (Lipinski definition) is 4. The first kappa shape index (κ1) is 15.0. The van der Waals surface area contributed by atoms with Crippen LogP contribution in [-0.4, -0.2) is 15.7 Å². The van der Waals surface area contributed by atoms with Gasteiger partial charge in [-0.1, -0.05) is 0 Å². The molecule has 6 heteroatoms. The molecule has 0 bridgehead atoms. The number of rotatable bonds is 3. The molecule has 1 N–H and O–H groups in total. The fourth-order valence-electron chi connectivity index (χ4n) is 2.45. The van der Waals surface area contributed by atoms with Crippen LogP contribution in [0, 0.1) is 13.8 Å². The van der Waals surface area contributed by atoms with Crippen LogP contribution in [0.1, 0.15) is 28.4 Å². The van der Waals surface area contributed by atoms with Gasteiger partial charge in [0.15, 0.2) is 0 Å². The molecular weight excluding hydrogens is 294 g/mol. The summed E-state index contributed by atoms with van der Waals surface area (Å²) in [5.74, 6) is -0.220. The minimum absolute atomic E-state index is 0.220. The molecule has 0 atom stereocenters. The lowest BCUT2D eigenvalue weighted by atomic mass is 10.1. The van der Waals surface area contributed by atoms with Crippen molar-refractivity contribution >= 4 is 22.6 Å². The number of anilines is 1. The zero-order valence-electron chi connectivity index (χ0n) is 13.2. The second kappa shape index (κ2) is 5.72. The maximum atomic E-state index is 12.3. The molecule has 1 aromatic carbocycles. The Balaban J connectivity index is 1.98. The average Bonchev–Trinajstić information content (AvgIpc) is 2.97. The summed E-state index contributed by atoms with van der Waals surface area (Å²) in [4.78, 5) is 23.8. The van der Waals surface area contributed by atoms with E-state index in [1.165, 1.54) is 6.07 Å².